The smallest absolute Gasteiger partial charge is 0.416 e. The second kappa shape index (κ2) is 10.3. The average Bonchev–Trinajstić information content (AvgIpc) is 2.86. The summed E-state index contributed by atoms with van der Waals surface area (Å²) in [5, 5.41) is 7.95. The highest BCUT2D eigenvalue weighted by Gasteiger charge is 2.41. The van der Waals surface area contributed by atoms with Crippen LogP contribution in [0.25, 0.3) is 11.1 Å². The Hall–Kier alpha value is -3.18. The molecular formula is C25H23ClF3NO6S. The number of nitrogens with zero attached hydrogens (tertiary/aromatic N) is 1. The fourth-order valence-electron chi connectivity index (χ4n) is 4.23. The predicted molar refractivity (Wildman–Crippen MR) is 133 cm³/mol. The average molecular weight is 558 g/mol. The maximum absolute atomic E-state index is 13.7. The Kier molecular flexibility index (Phi) is 7.48. The van der Waals surface area contributed by atoms with Gasteiger partial charge in [-0.25, -0.2) is 8.42 Å². The van der Waals surface area contributed by atoms with Crippen LogP contribution in [0.15, 0.2) is 60.2 Å². The lowest BCUT2D eigenvalue weighted by molar-refractivity contribution is -0.137. The van der Waals surface area contributed by atoms with Crippen LogP contribution in [0.1, 0.15) is 19.3 Å². The van der Waals surface area contributed by atoms with Crippen LogP contribution in [0.4, 0.5) is 18.9 Å². The lowest BCUT2D eigenvalue weighted by atomic mass is 10.0. The standard InChI is InChI=1S/C25H23ClF3NO6S/c1-35-22-8-5-15(11-20(22)26)16-6-9-23-21(12-16)30(14-18(36-23)7-10-24(31)32)37(33,34)19-4-2-3-17(13-19)25(27,28)29/h2-3,5-6,8-9,11-13,18-19H,4,7,10,14H2,1H3,(H,31,32)/t18-,19?/m0/s1. The highest BCUT2D eigenvalue weighted by Crippen LogP contribution is 2.42. The number of hydrogen-bond donors (Lipinski definition) is 1. The third-order valence-corrected chi connectivity index (χ3v) is 8.45. The van der Waals surface area contributed by atoms with Crippen LogP contribution in [-0.2, 0) is 14.8 Å². The van der Waals surface area contributed by atoms with E-state index in [0.29, 0.717) is 28.0 Å². The molecule has 12 heteroatoms. The highest BCUT2D eigenvalue weighted by atomic mass is 35.5. The number of aliphatic carboxylic acids is 1. The zero-order chi connectivity index (χ0) is 27.0. The van der Waals surface area contributed by atoms with Gasteiger partial charge in [-0.1, -0.05) is 42.0 Å². The first-order valence-corrected chi connectivity index (χ1v) is 13.1. The van der Waals surface area contributed by atoms with Crippen molar-refractivity contribution in [2.24, 2.45) is 0 Å². The summed E-state index contributed by atoms with van der Waals surface area (Å²) in [6.45, 7) is -0.245. The zero-order valence-electron chi connectivity index (χ0n) is 19.5. The van der Waals surface area contributed by atoms with E-state index >= 15 is 0 Å². The van der Waals surface area contributed by atoms with Gasteiger partial charge in [0.15, 0.2) is 0 Å². The van der Waals surface area contributed by atoms with Gasteiger partial charge in [-0.15, -0.1) is 0 Å². The lowest BCUT2D eigenvalue weighted by Crippen LogP contribution is -2.47. The molecule has 0 spiro atoms. The number of alkyl halides is 3. The minimum atomic E-state index is -4.70. The Morgan fingerprint density at radius 3 is 2.57 bits per heavy atom. The number of carbonyl (C=O) groups is 1. The first kappa shape index (κ1) is 26.9. The van der Waals surface area contributed by atoms with Crippen LogP contribution in [0.3, 0.4) is 0 Å². The van der Waals surface area contributed by atoms with E-state index in [1.165, 1.54) is 13.2 Å². The molecular weight excluding hydrogens is 535 g/mol. The van der Waals surface area contributed by atoms with Gasteiger partial charge in [-0.2, -0.15) is 13.2 Å². The molecule has 198 valence electrons. The SMILES string of the molecule is COc1ccc(-c2ccc3c(c2)N(S(=O)(=O)C2C=C(C(F)(F)F)C=CC2)C[C@H](CCC(=O)O)O3)cc1Cl. The van der Waals surface area contributed by atoms with E-state index < -0.39 is 39.1 Å². The monoisotopic (exact) mass is 557 g/mol. The number of benzene rings is 2. The molecule has 7 nitrogen and oxygen atoms in total. The topological polar surface area (TPSA) is 93.1 Å². The minimum absolute atomic E-state index is 0.0187. The van der Waals surface area contributed by atoms with E-state index in [4.69, 9.17) is 26.2 Å². The normalized spacial score (nSPS) is 19.6. The summed E-state index contributed by atoms with van der Waals surface area (Å²) in [7, 11) is -2.88. The van der Waals surface area contributed by atoms with Gasteiger partial charge in [0.25, 0.3) is 0 Å². The molecule has 0 aromatic heterocycles. The van der Waals surface area contributed by atoms with Crippen LogP contribution in [0.5, 0.6) is 11.5 Å². The largest absolute Gasteiger partial charge is 0.495 e. The number of carboxylic acid groups (broad SMARTS) is 1. The molecule has 37 heavy (non-hydrogen) atoms. The Morgan fingerprint density at radius 1 is 1.22 bits per heavy atom. The molecule has 2 atom stereocenters. The van der Waals surface area contributed by atoms with E-state index in [1.54, 1.807) is 36.4 Å². The molecule has 4 rings (SSSR count). The molecule has 2 aliphatic rings. The molecule has 2 aromatic carbocycles. The fourth-order valence-corrected chi connectivity index (χ4v) is 6.27. The zero-order valence-corrected chi connectivity index (χ0v) is 21.1. The van der Waals surface area contributed by atoms with Gasteiger partial charge >= 0.3 is 12.1 Å². The van der Waals surface area contributed by atoms with Gasteiger partial charge in [-0.3, -0.25) is 9.10 Å². The molecule has 1 unspecified atom stereocenters. The van der Waals surface area contributed by atoms with Crippen molar-refractivity contribution in [2.45, 2.75) is 36.8 Å². The summed E-state index contributed by atoms with van der Waals surface area (Å²) in [5.41, 5.74) is 0.349. The van der Waals surface area contributed by atoms with Gasteiger partial charge in [0.1, 0.15) is 22.9 Å². The van der Waals surface area contributed by atoms with E-state index in [2.05, 4.69) is 0 Å². The van der Waals surface area contributed by atoms with Gasteiger partial charge in [0.05, 0.1) is 29.9 Å². The number of ether oxygens (including phenoxy) is 2. The van der Waals surface area contributed by atoms with Gasteiger partial charge < -0.3 is 14.6 Å². The Balaban J connectivity index is 1.77. The minimum Gasteiger partial charge on any atom is -0.495 e. The highest BCUT2D eigenvalue weighted by molar-refractivity contribution is 7.93. The Morgan fingerprint density at radius 2 is 1.92 bits per heavy atom. The lowest BCUT2D eigenvalue weighted by Gasteiger charge is -2.37. The van der Waals surface area contributed by atoms with Crippen LogP contribution in [0.2, 0.25) is 5.02 Å². The van der Waals surface area contributed by atoms with Gasteiger partial charge in [-0.05, 0) is 48.2 Å². The number of carboxylic acids is 1. The van der Waals surface area contributed by atoms with E-state index in [0.717, 1.165) is 10.4 Å². The van der Waals surface area contributed by atoms with Gasteiger partial charge in [0.2, 0.25) is 10.0 Å². The summed E-state index contributed by atoms with van der Waals surface area (Å²) in [6, 6.07) is 9.83. The Labute approximate surface area is 216 Å². The molecule has 0 saturated heterocycles. The molecule has 1 heterocycles. The molecule has 0 saturated carbocycles. The first-order chi connectivity index (χ1) is 17.4. The van der Waals surface area contributed by atoms with Gasteiger partial charge in [0, 0.05) is 6.42 Å². The predicted octanol–water partition coefficient (Wildman–Crippen LogP) is 5.59. The third kappa shape index (κ3) is 5.72. The number of halogens is 4. The first-order valence-electron chi connectivity index (χ1n) is 11.2. The maximum atomic E-state index is 13.7. The van der Waals surface area contributed by atoms with Crippen molar-refractivity contribution in [1.82, 2.24) is 0 Å². The van der Waals surface area contributed by atoms with Crippen molar-refractivity contribution in [3.63, 3.8) is 0 Å². The van der Waals surface area contributed by atoms with E-state index in [-0.39, 0.29) is 37.2 Å². The van der Waals surface area contributed by atoms with Crippen LogP contribution >= 0.6 is 11.6 Å². The number of sulfonamides is 1. The van der Waals surface area contributed by atoms with E-state index in [9.17, 15) is 26.4 Å². The number of hydrogen-bond acceptors (Lipinski definition) is 5. The second-order valence-corrected chi connectivity index (χ2v) is 11.1. The molecule has 1 aliphatic heterocycles. The number of anilines is 1. The number of methoxy groups -OCH3 is 1. The van der Waals surface area contributed by atoms with Crippen molar-refractivity contribution >= 4 is 33.3 Å². The molecule has 1 aliphatic carbocycles. The van der Waals surface area contributed by atoms with Crippen LogP contribution in [0, 0.1) is 0 Å². The van der Waals surface area contributed by atoms with Crippen molar-refractivity contribution in [3.8, 4) is 22.6 Å². The molecule has 0 fully saturated rings. The van der Waals surface area contributed by atoms with Crippen LogP contribution in [-0.4, -0.2) is 50.7 Å². The fraction of sp³-hybridized carbons (Fsp3) is 0.320. The molecule has 0 radical (unpaired) electrons. The summed E-state index contributed by atoms with van der Waals surface area (Å²) < 4.78 is 79.5. The number of allylic oxidation sites excluding steroid dienone is 3. The number of fused-ring (bicyclic) bond motifs is 1. The Bertz CT molecular complexity index is 1370. The van der Waals surface area contributed by atoms with Crippen LogP contribution < -0.4 is 13.8 Å². The number of rotatable bonds is 7. The van der Waals surface area contributed by atoms with Crippen molar-refractivity contribution in [3.05, 3.63) is 65.2 Å². The quantitative estimate of drug-likeness (QED) is 0.477. The summed E-state index contributed by atoms with van der Waals surface area (Å²) in [4.78, 5) is 11.1. The van der Waals surface area contributed by atoms with Crippen molar-refractivity contribution in [2.75, 3.05) is 18.0 Å². The van der Waals surface area contributed by atoms with Crippen molar-refractivity contribution in [1.29, 1.82) is 0 Å². The maximum Gasteiger partial charge on any atom is 0.416 e. The van der Waals surface area contributed by atoms with E-state index in [1.807, 2.05) is 0 Å². The summed E-state index contributed by atoms with van der Waals surface area (Å²) in [6.07, 6.45) is -3.12. The summed E-state index contributed by atoms with van der Waals surface area (Å²) >= 11 is 6.25. The molecule has 0 bridgehead atoms. The van der Waals surface area contributed by atoms with Crippen molar-refractivity contribution < 1.29 is 41.0 Å². The molecule has 2 aromatic rings. The second-order valence-electron chi connectivity index (χ2n) is 8.58. The summed E-state index contributed by atoms with van der Waals surface area (Å²) in [5.74, 6) is -0.444. The third-order valence-electron chi connectivity index (χ3n) is 6.10. The molecule has 0 amide bonds. The molecule has 1 N–H and O–H groups in total.